The van der Waals surface area contributed by atoms with Crippen LogP contribution in [0.5, 0.6) is 0 Å². The average molecular weight is 211 g/mol. The Hall–Kier alpha value is -0.800. The largest absolute Gasteiger partial charge is 0.462 e. The average Bonchev–Trinajstić information content (AvgIpc) is 2.72. The topological polar surface area (TPSA) is 45.4 Å². The fraction of sp³-hybridized carbons (Fsp3) is 0.667. The highest BCUT2D eigenvalue weighted by atomic mass is 16.4. The molecule has 1 rings (SSSR count). The molecule has 15 heavy (non-hydrogen) atoms. The molecule has 0 saturated carbocycles. The molecule has 0 amide bonds. The van der Waals surface area contributed by atoms with E-state index in [1.165, 1.54) is 12.8 Å². The Labute approximate surface area is 91.5 Å². The van der Waals surface area contributed by atoms with Crippen LogP contribution in [0.2, 0.25) is 0 Å². The first kappa shape index (κ1) is 12.3. The highest BCUT2D eigenvalue weighted by molar-refractivity contribution is 5.06. The van der Waals surface area contributed by atoms with Crippen LogP contribution in [0, 0.1) is 0 Å². The lowest BCUT2D eigenvalue weighted by atomic mass is 10.1. The van der Waals surface area contributed by atoms with Crippen LogP contribution >= 0.6 is 0 Å². The van der Waals surface area contributed by atoms with Gasteiger partial charge in [-0.15, -0.1) is 0 Å². The van der Waals surface area contributed by atoms with Crippen LogP contribution < -0.4 is 5.32 Å². The molecule has 3 nitrogen and oxygen atoms in total. The molecule has 1 heterocycles. The van der Waals surface area contributed by atoms with E-state index in [0.29, 0.717) is 11.8 Å². The maximum Gasteiger partial charge on any atom is 0.129 e. The second kappa shape index (κ2) is 6.64. The van der Waals surface area contributed by atoms with Gasteiger partial charge in [0.25, 0.3) is 0 Å². The van der Waals surface area contributed by atoms with Gasteiger partial charge < -0.3 is 14.8 Å². The van der Waals surface area contributed by atoms with Crippen molar-refractivity contribution in [1.82, 2.24) is 5.32 Å². The fourth-order valence-corrected chi connectivity index (χ4v) is 1.65. The van der Waals surface area contributed by atoms with Crippen molar-refractivity contribution in [3.63, 3.8) is 0 Å². The molecule has 0 fully saturated rings. The van der Waals surface area contributed by atoms with Crippen LogP contribution in [-0.2, 0) is 13.2 Å². The number of furan rings is 1. The van der Waals surface area contributed by atoms with Crippen molar-refractivity contribution in [3.8, 4) is 0 Å². The van der Waals surface area contributed by atoms with Gasteiger partial charge in [0.2, 0.25) is 0 Å². The number of aliphatic hydroxyl groups excluding tert-OH is 1. The second-order valence-electron chi connectivity index (χ2n) is 3.80. The van der Waals surface area contributed by atoms with Gasteiger partial charge in [-0.3, -0.25) is 0 Å². The molecule has 0 aliphatic carbocycles. The highest BCUT2D eigenvalue weighted by Crippen LogP contribution is 2.09. The molecule has 1 unspecified atom stereocenters. The zero-order valence-corrected chi connectivity index (χ0v) is 9.62. The maximum atomic E-state index is 8.84. The normalized spacial score (nSPS) is 13.0. The Balaban J connectivity index is 2.34. The van der Waals surface area contributed by atoms with E-state index in [4.69, 9.17) is 9.52 Å². The molecule has 1 aromatic rings. The first-order chi connectivity index (χ1) is 7.30. The van der Waals surface area contributed by atoms with E-state index >= 15 is 0 Å². The number of rotatable bonds is 7. The van der Waals surface area contributed by atoms with Crippen LogP contribution in [-0.4, -0.2) is 11.1 Å². The lowest BCUT2D eigenvalue weighted by Gasteiger charge is -2.14. The Bertz CT molecular complexity index is 270. The molecular formula is C12H21NO2. The summed E-state index contributed by atoms with van der Waals surface area (Å²) in [4.78, 5) is 0. The van der Waals surface area contributed by atoms with Crippen molar-refractivity contribution in [2.75, 3.05) is 0 Å². The molecule has 1 atom stereocenters. The molecule has 0 aliphatic rings. The van der Waals surface area contributed by atoms with Crippen LogP contribution in [0.1, 0.15) is 44.6 Å². The molecule has 2 N–H and O–H groups in total. The third-order valence-corrected chi connectivity index (χ3v) is 2.57. The Morgan fingerprint density at radius 2 is 2.07 bits per heavy atom. The molecule has 0 saturated heterocycles. The van der Waals surface area contributed by atoms with Crippen molar-refractivity contribution in [1.29, 1.82) is 0 Å². The second-order valence-corrected chi connectivity index (χ2v) is 3.80. The molecule has 0 radical (unpaired) electrons. The molecule has 0 aliphatic heterocycles. The quantitative estimate of drug-likeness (QED) is 0.728. The van der Waals surface area contributed by atoms with Gasteiger partial charge >= 0.3 is 0 Å². The minimum absolute atomic E-state index is 0.0217. The summed E-state index contributed by atoms with van der Waals surface area (Å²) in [7, 11) is 0. The summed E-state index contributed by atoms with van der Waals surface area (Å²) in [6.07, 6.45) is 3.54. The van der Waals surface area contributed by atoms with Crippen LogP contribution in [0.3, 0.4) is 0 Å². The SMILES string of the molecule is CCCC(CC)NCc1ccc(CO)o1. The summed E-state index contributed by atoms with van der Waals surface area (Å²) in [6, 6.07) is 4.30. The number of hydrogen-bond donors (Lipinski definition) is 2. The summed E-state index contributed by atoms with van der Waals surface area (Å²) < 4.78 is 5.39. The van der Waals surface area contributed by atoms with Gasteiger partial charge in [0.1, 0.15) is 18.1 Å². The van der Waals surface area contributed by atoms with Crippen molar-refractivity contribution < 1.29 is 9.52 Å². The van der Waals surface area contributed by atoms with E-state index in [1.54, 1.807) is 0 Å². The summed E-state index contributed by atoms with van der Waals surface area (Å²) in [6.45, 7) is 5.11. The summed E-state index contributed by atoms with van der Waals surface area (Å²) >= 11 is 0. The van der Waals surface area contributed by atoms with Gasteiger partial charge in [-0.2, -0.15) is 0 Å². The molecular weight excluding hydrogens is 190 g/mol. The summed E-state index contributed by atoms with van der Waals surface area (Å²) in [5, 5.41) is 12.3. The van der Waals surface area contributed by atoms with Gasteiger partial charge in [-0.1, -0.05) is 20.3 Å². The van der Waals surface area contributed by atoms with E-state index in [-0.39, 0.29) is 6.61 Å². The number of aliphatic hydroxyl groups is 1. The predicted octanol–water partition coefficient (Wildman–Crippen LogP) is 2.44. The van der Waals surface area contributed by atoms with Gasteiger partial charge in [-0.25, -0.2) is 0 Å². The van der Waals surface area contributed by atoms with Crippen LogP contribution in [0.15, 0.2) is 16.5 Å². The third-order valence-electron chi connectivity index (χ3n) is 2.57. The first-order valence-electron chi connectivity index (χ1n) is 5.72. The smallest absolute Gasteiger partial charge is 0.129 e. The minimum Gasteiger partial charge on any atom is -0.462 e. The first-order valence-corrected chi connectivity index (χ1v) is 5.72. The Morgan fingerprint density at radius 3 is 2.60 bits per heavy atom. The summed E-state index contributed by atoms with van der Waals surface area (Å²) in [5.74, 6) is 1.53. The third kappa shape index (κ3) is 4.06. The molecule has 86 valence electrons. The molecule has 0 spiro atoms. The van der Waals surface area contributed by atoms with E-state index in [0.717, 1.165) is 18.7 Å². The number of hydrogen-bond acceptors (Lipinski definition) is 3. The zero-order chi connectivity index (χ0) is 11.1. The summed E-state index contributed by atoms with van der Waals surface area (Å²) in [5.41, 5.74) is 0. The standard InChI is InChI=1S/C12H21NO2/c1-3-5-10(4-2)13-8-11-6-7-12(9-14)15-11/h6-7,10,13-14H,3-5,8-9H2,1-2H3. The monoisotopic (exact) mass is 211 g/mol. The van der Waals surface area contributed by atoms with Crippen molar-refractivity contribution >= 4 is 0 Å². The Kier molecular flexibility index (Phi) is 5.43. The molecule has 0 aromatic carbocycles. The van der Waals surface area contributed by atoms with E-state index in [2.05, 4.69) is 19.2 Å². The Morgan fingerprint density at radius 1 is 1.33 bits per heavy atom. The lowest BCUT2D eigenvalue weighted by Crippen LogP contribution is -2.27. The predicted molar refractivity (Wildman–Crippen MR) is 60.5 cm³/mol. The van der Waals surface area contributed by atoms with Crippen molar-refractivity contribution in [3.05, 3.63) is 23.7 Å². The van der Waals surface area contributed by atoms with Crippen LogP contribution in [0.4, 0.5) is 0 Å². The maximum absolute atomic E-state index is 8.84. The van der Waals surface area contributed by atoms with E-state index in [1.807, 2.05) is 12.1 Å². The van der Waals surface area contributed by atoms with Crippen molar-refractivity contribution in [2.24, 2.45) is 0 Å². The fourth-order valence-electron chi connectivity index (χ4n) is 1.65. The molecule has 1 aromatic heterocycles. The van der Waals surface area contributed by atoms with Crippen molar-refractivity contribution in [2.45, 2.75) is 52.3 Å². The van der Waals surface area contributed by atoms with Gasteiger partial charge in [-0.05, 0) is 25.0 Å². The minimum atomic E-state index is -0.0217. The van der Waals surface area contributed by atoms with Gasteiger partial charge in [0, 0.05) is 6.04 Å². The lowest BCUT2D eigenvalue weighted by molar-refractivity contribution is 0.242. The number of nitrogens with one attached hydrogen (secondary N) is 1. The van der Waals surface area contributed by atoms with E-state index in [9.17, 15) is 0 Å². The zero-order valence-electron chi connectivity index (χ0n) is 9.62. The highest BCUT2D eigenvalue weighted by Gasteiger charge is 2.06. The van der Waals surface area contributed by atoms with Crippen LogP contribution in [0.25, 0.3) is 0 Å². The molecule has 0 bridgehead atoms. The van der Waals surface area contributed by atoms with E-state index < -0.39 is 0 Å². The molecule has 3 heteroatoms. The van der Waals surface area contributed by atoms with Gasteiger partial charge in [0.05, 0.1) is 6.54 Å². The van der Waals surface area contributed by atoms with Gasteiger partial charge in [0.15, 0.2) is 0 Å².